The molecule has 3 saturated heterocycles. The predicted octanol–water partition coefficient (Wildman–Crippen LogP) is -7.57. The van der Waals surface area contributed by atoms with Crippen molar-refractivity contribution in [2.75, 3.05) is 26.4 Å². The summed E-state index contributed by atoms with van der Waals surface area (Å²) in [5.41, 5.74) is 0. The molecule has 0 aromatic heterocycles. The molecule has 0 radical (unpaired) electrons. The van der Waals surface area contributed by atoms with Crippen molar-refractivity contribution >= 4 is 0 Å². The van der Waals surface area contributed by atoms with Crippen LogP contribution in [0.15, 0.2) is 0 Å². The summed E-state index contributed by atoms with van der Waals surface area (Å²) in [6.07, 6.45) is -22.0. The lowest BCUT2D eigenvalue weighted by Crippen LogP contribution is -2.64. The van der Waals surface area contributed by atoms with Gasteiger partial charge in [0, 0.05) is 0 Å². The number of aliphatic hydroxyl groups is 11. The van der Waals surface area contributed by atoms with Crippen molar-refractivity contribution < 1.29 is 79.9 Å². The Kier molecular flexibility index (Phi) is 9.18. The van der Waals surface area contributed by atoms with E-state index in [1.54, 1.807) is 0 Å². The van der Waals surface area contributed by atoms with Gasteiger partial charge in [-0.2, -0.15) is 0 Å². The lowest BCUT2D eigenvalue weighted by molar-refractivity contribution is -0.368. The van der Waals surface area contributed by atoms with Gasteiger partial charge in [-0.3, -0.25) is 0 Å². The van der Waals surface area contributed by atoms with Gasteiger partial charge in [-0.1, -0.05) is 0 Å². The van der Waals surface area contributed by atoms with E-state index < -0.39 is 112 Å². The van der Waals surface area contributed by atoms with Gasteiger partial charge < -0.3 is 79.9 Å². The van der Waals surface area contributed by atoms with Crippen molar-refractivity contribution in [3.8, 4) is 0 Å². The molecule has 200 valence electrons. The van der Waals surface area contributed by atoms with E-state index in [4.69, 9.17) is 28.8 Å². The van der Waals surface area contributed by atoms with E-state index in [0.717, 1.165) is 0 Å². The molecule has 0 spiro atoms. The van der Waals surface area contributed by atoms with Gasteiger partial charge in [-0.25, -0.2) is 0 Å². The van der Waals surface area contributed by atoms with Crippen LogP contribution in [0.2, 0.25) is 0 Å². The molecule has 0 amide bonds. The van der Waals surface area contributed by atoms with E-state index in [-0.39, 0.29) is 0 Å². The Morgan fingerprint density at radius 3 is 1.82 bits per heavy atom. The zero-order valence-electron chi connectivity index (χ0n) is 17.8. The molecule has 16 nitrogen and oxygen atoms in total. The van der Waals surface area contributed by atoms with Crippen LogP contribution in [0.1, 0.15) is 0 Å². The van der Waals surface area contributed by atoms with E-state index in [2.05, 4.69) is 0 Å². The Morgan fingerprint density at radius 1 is 0.647 bits per heavy atom. The lowest BCUT2D eigenvalue weighted by Gasteiger charge is -2.45. The lowest BCUT2D eigenvalue weighted by atomic mass is 9.97. The molecule has 0 aromatic rings. The van der Waals surface area contributed by atoms with Gasteiger partial charge in [0.2, 0.25) is 5.79 Å². The molecular formula is C18H32O16. The monoisotopic (exact) mass is 504 g/mol. The minimum Gasteiger partial charge on any atom is -0.394 e. The van der Waals surface area contributed by atoms with Gasteiger partial charge >= 0.3 is 0 Å². The molecule has 0 saturated carbocycles. The van der Waals surface area contributed by atoms with Crippen LogP contribution >= 0.6 is 0 Å². The Balaban J connectivity index is 1.69. The second-order valence-electron chi connectivity index (χ2n) is 8.40. The molecule has 0 aromatic carbocycles. The van der Waals surface area contributed by atoms with Crippen molar-refractivity contribution in [1.82, 2.24) is 0 Å². The predicted molar refractivity (Wildman–Crippen MR) is 101 cm³/mol. The van der Waals surface area contributed by atoms with Crippen LogP contribution in [0.25, 0.3) is 0 Å². The molecule has 16 heteroatoms. The Bertz CT molecular complexity index is 655. The fourth-order valence-corrected chi connectivity index (χ4v) is 4.06. The molecule has 3 aliphatic rings. The summed E-state index contributed by atoms with van der Waals surface area (Å²) in [6.45, 7) is -3.10. The van der Waals surface area contributed by atoms with Gasteiger partial charge in [0.25, 0.3) is 0 Å². The summed E-state index contributed by atoms with van der Waals surface area (Å²) in [6, 6.07) is 0. The first-order chi connectivity index (χ1) is 16.0. The van der Waals surface area contributed by atoms with Crippen molar-refractivity contribution in [2.45, 2.75) is 85.5 Å². The third-order valence-electron chi connectivity index (χ3n) is 6.20. The van der Waals surface area contributed by atoms with Crippen LogP contribution in [0.3, 0.4) is 0 Å². The van der Waals surface area contributed by atoms with Gasteiger partial charge in [-0.15, -0.1) is 0 Å². The van der Waals surface area contributed by atoms with Gasteiger partial charge in [0.1, 0.15) is 73.8 Å². The van der Waals surface area contributed by atoms with Gasteiger partial charge in [-0.05, 0) is 0 Å². The van der Waals surface area contributed by atoms with Crippen LogP contribution in [0.4, 0.5) is 0 Å². The van der Waals surface area contributed by atoms with E-state index in [9.17, 15) is 51.1 Å². The summed E-state index contributed by atoms with van der Waals surface area (Å²) in [5, 5.41) is 109. The molecule has 11 N–H and O–H groups in total. The van der Waals surface area contributed by atoms with E-state index in [1.807, 2.05) is 0 Å². The molecule has 3 rings (SSSR count). The number of hydrogen-bond acceptors (Lipinski definition) is 16. The number of hydrogen-bond donors (Lipinski definition) is 11. The van der Waals surface area contributed by atoms with Crippen molar-refractivity contribution in [2.24, 2.45) is 0 Å². The summed E-state index contributed by atoms with van der Waals surface area (Å²) in [4.78, 5) is 0. The van der Waals surface area contributed by atoms with E-state index >= 15 is 0 Å². The Morgan fingerprint density at radius 2 is 1.26 bits per heavy atom. The average Bonchev–Trinajstić information content (AvgIpc) is 3.08. The smallest absolute Gasteiger partial charge is 0.221 e. The molecule has 14 atom stereocenters. The van der Waals surface area contributed by atoms with Crippen LogP contribution in [-0.4, -0.2) is 168 Å². The van der Waals surface area contributed by atoms with Crippen molar-refractivity contribution in [1.29, 1.82) is 0 Å². The van der Waals surface area contributed by atoms with Gasteiger partial charge in [0.05, 0.1) is 19.8 Å². The zero-order chi connectivity index (χ0) is 25.4. The summed E-state index contributed by atoms with van der Waals surface area (Å²) in [7, 11) is 0. The van der Waals surface area contributed by atoms with Gasteiger partial charge in [0.15, 0.2) is 12.6 Å². The number of ether oxygens (including phenoxy) is 5. The molecule has 0 aliphatic carbocycles. The molecule has 34 heavy (non-hydrogen) atoms. The second kappa shape index (κ2) is 11.2. The molecule has 0 bridgehead atoms. The summed E-state index contributed by atoms with van der Waals surface area (Å²) < 4.78 is 26.2. The highest BCUT2D eigenvalue weighted by atomic mass is 16.8. The third kappa shape index (κ3) is 5.09. The summed E-state index contributed by atoms with van der Waals surface area (Å²) >= 11 is 0. The first-order valence-corrected chi connectivity index (χ1v) is 10.6. The average molecular weight is 504 g/mol. The van der Waals surface area contributed by atoms with Crippen LogP contribution in [0, 0.1) is 0 Å². The first-order valence-electron chi connectivity index (χ1n) is 10.6. The molecule has 0 unspecified atom stereocenters. The highest BCUT2D eigenvalue weighted by Crippen LogP contribution is 2.34. The Hall–Kier alpha value is -0.640. The zero-order valence-corrected chi connectivity index (χ0v) is 17.8. The largest absolute Gasteiger partial charge is 0.394 e. The fourth-order valence-electron chi connectivity index (χ4n) is 4.06. The normalized spacial score (nSPS) is 52.1. The molecular weight excluding hydrogens is 472 g/mol. The highest BCUT2D eigenvalue weighted by molar-refractivity contribution is 4.98. The van der Waals surface area contributed by atoms with Crippen LogP contribution < -0.4 is 0 Å². The molecule has 3 heterocycles. The standard InChI is InChI=1S/C18H32O16/c19-1-5-8(22)12(26)14(16(29)31-5)33-17-13(27)11(25)9(23)7(32-17)3-30-18(4-21)15(28)10(24)6(2-20)34-18/h5-17,19-29H,1-4H2/t5-,6-,7-,8-,9-,10-,11+,12+,13-,14-,15+,16-,17+,18-/m1/s1. The van der Waals surface area contributed by atoms with Crippen LogP contribution in [0.5, 0.6) is 0 Å². The number of aliphatic hydroxyl groups excluding tert-OH is 11. The summed E-state index contributed by atoms with van der Waals surface area (Å²) in [5.74, 6) is -2.21. The van der Waals surface area contributed by atoms with E-state index in [1.165, 1.54) is 0 Å². The van der Waals surface area contributed by atoms with Crippen LogP contribution in [-0.2, 0) is 23.7 Å². The fraction of sp³-hybridized carbons (Fsp3) is 1.00. The topological polar surface area (TPSA) is 269 Å². The maximum absolute atomic E-state index is 10.3. The quantitative estimate of drug-likeness (QED) is 0.146. The maximum Gasteiger partial charge on any atom is 0.221 e. The first kappa shape index (κ1) is 27.9. The minimum absolute atomic E-state index is 0.700. The second-order valence-corrected chi connectivity index (χ2v) is 8.40. The molecule has 3 aliphatic heterocycles. The third-order valence-corrected chi connectivity index (χ3v) is 6.20. The van der Waals surface area contributed by atoms with Crippen molar-refractivity contribution in [3.05, 3.63) is 0 Å². The number of rotatable bonds is 8. The molecule has 3 fully saturated rings. The van der Waals surface area contributed by atoms with Crippen molar-refractivity contribution in [3.63, 3.8) is 0 Å². The SMILES string of the molecule is OC[C@H]1O[C@@](CO)(OC[C@H]2O[C@@H](O[C@@H]3[C@@H](O)[C@H](O)[C@@H](CO)O[C@H]3O)[C@H](O)[C@@H](O)[C@@H]2O)[C@@H](O)[C@@H]1O. The maximum atomic E-state index is 10.3. The highest BCUT2D eigenvalue weighted by Gasteiger charge is 2.56. The Labute approximate surface area is 192 Å². The minimum atomic E-state index is -2.21. The van der Waals surface area contributed by atoms with E-state index in [0.29, 0.717) is 0 Å².